The van der Waals surface area contributed by atoms with E-state index in [-0.39, 0.29) is 0 Å². The molecule has 9 aliphatic carbocycles. The number of allylic oxidation sites excluding steroid dienone is 26. The Hall–Kier alpha value is -4.42. The summed E-state index contributed by atoms with van der Waals surface area (Å²) in [5.74, 6) is 2.15. The molecule has 1 aromatic carbocycles. The highest BCUT2D eigenvalue weighted by molar-refractivity contribution is 5.89. The van der Waals surface area contributed by atoms with E-state index >= 15 is 0 Å². The van der Waals surface area contributed by atoms with Crippen molar-refractivity contribution in [3.05, 3.63) is 176 Å². The number of benzene rings is 1. The SMILES string of the molecule is C1=CCC(C2C=C(C3=CCCC=C3)C=C(C3=CC4=C(C=C(c5ccc6c7c5=CCCC=7C5=CC=CC7C=CC=C6C57)CC4)CC3)C2)C=C1. The molecule has 4 atom stereocenters. The molecule has 1 aromatic rings. The maximum absolute atomic E-state index is 2.61. The first-order valence-corrected chi connectivity index (χ1v) is 18.7. The fraction of sp³-hybridized carbons (Fsp3) is 0.292. The first kappa shape index (κ1) is 28.6. The number of hydrogen-bond donors (Lipinski definition) is 0. The molecular weight excluding hydrogens is 577 g/mol. The molecule has 4 unspecified atom stereocenters. The van der Waals surface area contributed by atoms with Gasteiger partial charge in [-0.1, -0.05) is 122 Å². The standard InChI is InChI=1S/C48H44/c1-3-10-31(11-4-1)38-28-39(32-12-5-2-6-13-32)30-40(29-38)36-21-20-35-27-37(23-22-34(35)26-36)41-24-25-46-44-17-8-15-33-14-7-16-43(47(33)44)45-19-9-18-42(41)48(45)46/h1,3-5,7-8,10,12-18,24-28,30-31,33,38,47H,2,6,9,11,19-23,29H2. The van der Waals surface area contributed by atoms with Crippen LogP contribution in [-0.4, -0.2) is 0 Å². The molecule has 0 bridgehead atoms. The molecule has 0 fully saturated rings. The maximum Gasteiger partial charge on any atom is 0.0196 e. The molecule has 0 saturated carbocycles. The third-order valence-corrected chi connectivity index (χ3v) is 12.5. The molecule has 0 nitrogen and oxygen atoms in total. The van der Waals surface area contributed by atoms with Crippen molar-refractivity contribution in [2.75, 3.05) is 0 Å². The second-order valence-electron chi connectivity index (χ2n) is 15.1. The molecule has 0 amide bonds. The lowest BCUT2D eigenvalue weighted by molar-refractivity contribution is 0.467. The van der Waals surface area contributed by atoms with Crippen molar-refractivity contribution in [1.82, 2.24) is 0 Å². The van der Waals surface area contributed by atoms with Crippen molar-refractivity contribution in [1.29, 1.82) is 0 Å². The Morgan fingerprint density at radius 1 is 0.583 bits per heavy atom. The summed E-state index contributed by atoms with van der Waals surface area (Å²) in [4.78, 5) is 0. The highest BCUT2D eigenvalue weighted by Crippen LogP contribution is 2.48. The second-order valence-corrected chi connectivity index (χ2v) is 15.1. The van der Waals surface area contributed by atoms with Crippen LogP contribution in [0.5, 0.6) is 0 Å². The van der Waals surface area contributed by atoms with Crippen LogP contribution >= 0.6 is 0 Å². The third-order valence-electron chi connectivity index (χ3n) is 12.5. The van der Waals surface area contributed by atoms with Gasteiger partial charge in [0.25, 0.3) is 0 Å². The summed E-state index contributed by atoms with van der Waals surface area (Å²) < 4.78 is 0. The monoisotopic (exact) mass is 620 g/mol. The molecule has 10 rings (SSSR count). The van der Waals surface area contributed by atoms with Gasteiger partial charge in [-0.3, -0.25) is 0 Å². The molecule has 48 heavy (non-hydrogen) atoms. The molecule has 0 aliphatic heterocycles. The quantitative estimate of drug-likeness (QED) is 0.314. The molecule has 0 heterocycles. The van der Waals surface area contributed by atoms with Gasteiger partial charge in [0.15, 0.2) is 0 Å². The summed E-state index contributed by atoms with van der Waals surface area (Å²) in [6.07, 6.45) is 55.1. The van der Waals surface area contributed by atoms with Gasteiger partial charge in [0.2, 0.25) is 0 Å². The van der Waals surface area contributed by atoms with Crippen molar-refractivity contribution in [2.45, 2.75) is 64.2 Å². The van der Waals surface area contributed by atoms with Gasteiger partial charge in [-0.15, -0.1) is 0 Å². The molecular formula is C48H44. The summed E-state index contributed by atoms with van der Waals surface area (Å²) in [6.45, 7) is 0. The molecule has 9 aliphatic rings. The minimum absolute atomic E-state index is 0.496. The predicted octanol–water partition coefficient (Wildman–Crippen LogP) is 10.6. The normalized spacial score (nSPS) is 29.3. The van der Waals surface area contributed by atoms with Crippen LogP contribution in [0.4, 0.5) is 0 Å². The van der Waals surface area contributed by atoms with Crippen LogP contribution in [0.15, 0.2) is 154 Å². The largest absolute Gasteiger partial charge is 0.0839 e. The lowest BCUT2D eigenvalue weighted by Crippen LogP contribution is -2.41. The Labute approximate surface area is 285 Å². The summed E-state index contributed by atoms with van der Waals surface area (Å²) >= 11 is 0. The molecule has 0 radical (unpaired) electrons. The summed E-state index contributed by atoms with van der Waals surface area (Å²) in [5.41, 5.74) is 18.4. The highest BCUT2D eigenvalue weighted by atomic mass is 14.4. The summed E-state index contributed by atoms with van der Waals surface area (Å²) in [6, 6.07) is 4.94. The van der Waals surface area contributed by atoms with Crippen LogP contribution in [0.1, 0.15) is 75.3 Å². The number of rotatable bonds is 4. The molecule has 0 N–H and O–H groups in total. The van der Waals surface area contributed by atoms with Crippen LogP contribution in [0.25, 0.3) is 22.8 Å². The average molecular weight is 621 g/mol. The molecule has 0 saturated heterocycles. The molecule has 0 spiro atoms. The van der Waals surface area contributed by atoms with E-state index < -0.39 is 0 Å². The average Bonchev–Trinajstić information content (AvgIpc) is 3.17. The van der Waals surface area contributed by atoms with Crippen LogP contribution in [-0.2, 0) is 0 Å². The second kappa shape index (κ2) is 11.6. The molecule has 0 aromatic heterocycles. The van der Waals surface area contributed by atoms with Gasteiger partial charge >= 0.3 is 0 Å². The lowest BCUT2D eigenvalue weighted by atomic mass is 9.65. The van der Waals surface area contributed by atoms with Gasteiger partial charge < -0.3 is 0 Å². The Morgan fingerprint density at radius 2 is 1.42 bits per heavy atom. The fourth-order valence-electron chi connectivity index (χ4n) is 10.1. The first-order valence-electron chi connectivity index (χ1n) is 18.7. The van der Waals surface area contributed by atoms with E-state index in [0.29, 0.717) is 23.7 Å². The van der Waals surface area contributed by atoms with Gasteiger partial charge in [0, 0.05) is 11.8 Å². The van der Waals surface area contributed by atoms with Crippen LogP contribution < -0.4 is 10.4 Å². The van der Waals surface area contributed by atoms with Gasteiger partial charge in [-0.25, -0.2) is 0 Å². The van der Waals surface area contributed by atoms with E-state index in [2.05, 4.69) is 122 Å². The smallest absolute Gasteiger partial charge is 0.0196 e. The summed E-state index contributed by atoms with van der Waals surface area (Å²) in [5, 5.41) is 3.05. The summed E-state index contributed by atoms with van der Waals surface area (Å²) in [7, 11) is 0. The Bertz CT molecular complexity index is 2180. The van der Waals surface area contributed by atoms with Gasteiger partial charge in [0.05, 0.1) is 0 Å². The first-order chi connectivity index (χ1) is 23.8. The van der Waals surface area contributed by atoms with Crippen LogP contribution in [0, 0.1) is 23.7 Å². The van der Waals surface area contributed by atoms with Gasteiger partial charge in [-0.2, -0.15) is 0 Å². The zero-order valence-electron chi connectivity index (χ0n) is 27.9. The van der Waals surface area contributed by atoms with Crippen LogP contribution in [0.2, 0.25) is 0 Å². The van der Waals surface area contributed by atoms with E-state index in [1.807, 2.05) is 0 Å². The van der Waals surface area contributed by atoms with Crippen molar-refractivity contribution in [2.24, 2.45) is 23.7 Å². The minimum Gasteiger partial charge on any atom is -0.0839 e. The van der Waals surface area contributed by atoms with E-state index in [1.165, 1.54) is 51.1 Å². The number of hydrogen-bond acceptors (Lipinski definition) is 0. The Morgan fingerprint density at radius 3 is 2.25 bits per heavy atom. The van der Waals surface area contributed by atoms with Gasteiger partial charge in [-0.05, 0) is 153 Å². The van der Waals surface area contributed by atoms with E-state index in [9.17, 15) is 0 Å². The Balaban J connectivity index is 1.01. The predicted molar refractivity (Wildman–Crippen MR) is 203 cm³/mol. The fourth-order valence-corrected chi connectivity index (χ4v) is 10.1. The van der Waals surface area contributed by atoms with E-state index in [0.717, 1.165) is 51.4 Å². The number of fused-ring (bicyclic) bond motifs is 2. The minimum atomic E-state index is 0.496. The zero-order valence-corrected chi connectivity index (χ0v) is 27.9. The third kappa shape index (κ3) is 4.71. The van der Waals surface area contributed by atoms with Crippen molar-refractivity contribution < 1.29 is 0 Å². The van der Waals surface area contributed by atoms with Crippen molar-refractivity contribution in [3.63, 3.8) is 0 Å². The maximum atomic E-state index is 2.61. The van der Waals surface area contributed by atoms with Crippen LogP contribution in [0.3, 0.4) is 0 Å². The van der Waals surface area contributed by atoms with Crippen molar-refractivity contribution in [3.8, 4) is 0 Å². The topological polar surface area (TPSA) is 0 Å². The molecule has 236 valence electrons. The zero-order chi connectivity index (χ0) is 31.6. The van der Waals surface area contributed by atoms with E-state index in [1.54, 1.807) is 39.0 Å². The highest BCUT2D eigenvalue weighted by Gasteiger charge is 2.36. The van der Waals surface area contributed by atoms with Gasteiger partial charge in [0.1, 0.15) is 0 Å². The lowest BCUT2D eigenvalue weighted by Gasteiger charge is -2.38. The molecule has 0 heteroatoms. The van der Waals surface area contributed by atoms with Crippen molar-refractivity contribution >= 4 is 22.8 Å². The Kier molecular flexibility index (Phi) is 6.92. The van der Waals surface area contributed by atoms with E-state index in [4.69, 9.17) is 0 Å².